The van der Waals surface area contributed by atoms with Crippen LogP contribution >= 0.6 is 15.9 Å². The maximum atomic E-state index is 11.6. The molecule has 4 heteroatoms. The fourth-order valence-electron chi connectivity index (χ4n) is 1.19. The molecule has 1 aromatic rings. The van der Waals surface area contributed by atoms with Crippen LogP contribution in [0.1, 0.15) is 22.8 Å². The maximum Gasteiger partial charge on any atom is 0.328 e. The summed E-state index contributed by atoms with van der Waals surface area (Å²) in [7, 11) is 0. The fraction of sp³-hybridized carbons (Fsp3) is 0.167. The number of benzene rings is 1. The molecule has 0 saturated heterocycles. The smallest absolute Gasteiger partial charge is 0.328 e. The molecule has 0 aromatic heterocycles. The molecule has 0 aliphatic carbocycles. The van der Waals surface area contributed by atoms with Crippen LogP contribution < -0.4 is 0 Å². The Hall–Kier alpha value is -1.42. The van der Waals surface area contributed by atoms with Crippen LogP contribution in [0.25, 0.3) is 6.08 Å². The van der Waals surface area contributed by atoms with Crippen LogP contribution in [-0.2, 0) is 4.79 Å². The van der Waals surface area contributed by atoms with Gasteiger partial charge in [-0.2, -0.15) is 0 Å². The Morgan fingerprint density at radius 1 is 1.44 bits per heavy atom. The third-order valence-electron chi connectivity index (χ3n) is 1.95. The molecular formula is C12H11BrO3. The summed E-state index contributed by atoms with van der Waals surface area (Å²) in [6, 6.07) is 6.84. The highest BCUT2D eigenvalue weighted by Gasteiger charge is 2.11. The number of carboxylic acid groups (broad SMARTS) is 1. The average molecular weight is 283 g/mol. The zero-order chi connectivity index (χ0) is 12.1. The van der Waals surface area contributed by atoms with E-state index in [1.165, 1.54) is 6.08 Å². The summed E-state index contributed by atoms with van der Waals surface area (Å²) in [4.78, 5) is 21.7. The second-order valence-electron chi connectivity index (χ2n) is 3.28. The zero-order valence-electron chi connectivity index (χ0n) is 8.68. The van der Waals surface area contributed by atoms with Crippen LogP contribution in [0.3, 0.4) is 0 Å². The molecule has 1 atom stereocenters. The Morgan fingerprint density at radius 2 is 2.12 bits per heavy atom. The predicted molar refractivity (Wildman–Crippen MR) is 65.8 cm³/mol. The molecule has 84 valence electrons. The van der Waals surface area contributed by atoms with Crippen LogP contribution in [0.2, 0.25) is 0 Å². The van der Waals surface area contributed by atoms with Gasteiger partial charge in [0.1, 0.15) is 0 Å². The first-order valence-electron chi connectivity index (χ1n) is 4.70. The molecule has 3 nitrogen and oxygen atoms in total. The predicted octanol–water partition coefficient (Wildman–Crippen LogP) is 2.75. The lowest BCUT2D eigenvalue weighted by Crippen LogP contribution is -2.09. The van der Waals surface area contributed by atoms with E-state index in [1.54, 1.807) is 31.2 Å². The van der Waals surface area contributed by atoms with Crippen LogP contribution in [-0.4, -0.2) is 21.7 Å². The minimum Gasteiger partial charge on any atom is -0.478 e. The van der Waals surface area contributed by atoms with Crippen LogP contribution in [0.4, 0.5) is 0 Å². The van der Waals surface area contributed by atoms with E-state index in [1.807, 2.05) is 0 Å². The first kappa shape index (κ1) is 12.6. The molecule has 1 rings (SSSR count). The highest BCUT2D eigenvalue weighted by atomic mass is 79.9. The Morgan fingerprint density at radius 3 is 2.69 bits per heavy atom. The van der Waals surface area contributed by atoms with E-state index in [4.69, 9.17) is 5.11 Å². The Balaban J connectivity index is 2.95. The minimum atomic E-state index is -1.01. The second-order valence-corrected chi connectivity index (χ2v) is 4.65. The Labute approximate surface area is 102 Å². The minimum absolute atomic E-state index is 0.0226. The molecule has 0 aliphatic rings. The number of Topliss-reactive ketones (excluding diaryl/α,β-unsaturated/α-hetero) is 1. The van der Waals surface area contributed by atoms with Gasteiger partial charge in [0.15, 0.2) is 5.78 Å². The quantitative estimate of drug-likeness (QED) is 0.525. The fourth-order valence-corrected chi connectivity index (χ4v) is 1.46. The van der Waals surface area contributed by atoms with Gasteiger partial charge in [-0.3, -0.25) is 4.79 Å². The molecule has 0 heterocycles. The number of carbonyl (C=O) groups excluding carboxylic acids is 1. The third kappa shape index (κ3) is 3.62. The molecule has 0 spiro atoms. The summed E-state index contributed by atoms with van der Waals surface area (Å²) in [5.74, 6) is -1.03. The Kier molecular flexibility index (Phi) is 4.43. The van der Waals surface area contributed by atoms with Crippen molar-refractivity contribution in [2.75, 3.05) is 0 Å². The van der Waals surface area contributed by atoms with Gasteiger partial charge in [-0.1, -0.05) is 34.1 Å². The third-order valence-corrected chi connectivity index (χ3v) is 2.37. The normalized spacial score (nSPS) is 12.6. The number of hydrogen-bond acceptors (Lipinski definition) is 2. The summed E-state index contributed by atoms with van der Waals surface area (Å²) in [6.45, 7) is 1.75. The maximum absolute atomic E-state index is 11.6. The molecule has 1 unspecified atom stereocenters. The number of rotatable bonds is 4. The number of aliphatic carboxylic acids is 1. The van der Waals surface area contributed by atoms with Crippen molar-refractivity contribution in [2.24, 2.45) is 0 Å². The number of hydrogen-bond donors (Lipinski definition) is 1. The second kappa shape index (κ2) is 5.61. The van der Waals surface area contributed by atoms with Crippen molar-refractivity contribution in [2.45, 2.75) is 11.8 Å². The van der Waals surface area contributed by atoms with Gasteiger partial charge in [-0.15, -0.1) is 0 Å². The van der Waals surface area contributed by atoms with Gasteiger partial charge < -0.3 is 5.11 Å². The first-order valence-corrected chi connectivity index (χ1v) is 5.61. The average Bonchev–Trinajstić information content (AvgIpc) is 2.25. The zero-order valence-corrected chi connectivity index (χ0v) is 10.3. The van der Waals surface area contributed by atoms with E-state index in [9.17, 15) is 9.59 Å². The molecule has 0 fully saturated rings. The molecule has 0 radical (unpaired) electrons. The highest BCUT2D eigenvalue weighted by molar-refractivity contribution is 9.10. The van der Waals surface area contributed by atoms with Crippen molar-refractivity contribution in [1.29, 1.82) is 0 Å². The number of carbonyl (C=O) groups is 2. The molecule has 1 N–H and O–H groups in total. The topological polar surface area (TPSA) is 54.4 Å². The molecule has 0 aliphatic heterocycles. The summed E-state index contributed by atoms with van der Waals surface area (Å²) >= 11 is 3.20. The van der Waals surface area contributed by atoms with Gasteiger partial charge in [-0.05, 0) is 24.6 Å². The van der Waals surface area contributed by atoms with E-state index in [0.29, 0.717) is 11.1 Å². The summed E-state index contributed by atoms with van der Waals surface area (Å²) in [6.07, 6.45) is 2.50. The van der Waals surface area contributed by atoms with Crippen molar-refractivity contribution in [1.82, 2.24) is 0 Å². The van der Waals surface area contributed by atoms with Gasteiger partial charge in [0.2, 0.25) is 0 Å². The summed E-state index contributed by atoms with van der Waals surface area (Å²) in [5.41, 5.74) is 1.26. The lowest BCUT2D eigenvalue weighted by molar-refractivity contribution is -0.131. The van der Waals surface area contributed by atoms with Gasteiger partial charge in [0, 0.05) is 11.6 Å². The highest BCUT2D eigenvalue weighted by Crippen LogP contribution is 2.12. The van der Waals surface area contributed by atoms with Gasteiger partial charge in [0.05, 0.1) is 4.83 Å². The molecule has 1 aromatic carbocycles. The van der Waals surface area contributed by atoms with Gasteiger partial charge in [-0.25, -0.2) is 4.79 Å². The molecular weight excluding hydrogens is 272 g/mol. The van der Waals surface area contributed by atoms with Crippen LogP contribution in [0.15, 0.2) is 30.3 Å². The molecule has 0 amide bonds. The SMILES string of the molecule is CC(Br)C(=O)c1cccc(C=CC(=O)O)c1. The Bertz CT molecular complexity index is 436. The number of ketones is 1. The lowest BCUT2D eigenvalue weighted by atomic mass is 10.1. The van der Waals surface area contributed by atoms with Gasteiger partial charge in [0.25, 0.3) is 0 Å². The monoisotopic (exact) mass is 282 g/mol. The van der Waals surface area contributed by atoms with Crippen molar-refractivity contribution < 1.29 is 14.7 Å². The molecule has 16 heavy (non-hydrogen) atoms. The summed E-state index contributed by atoms with van der Waals surface area (Å²) in [5, 5.41) is 8.48. The van der Waals surface area contributed by atoms with E-state index in [0.717, 1.165) is 6.08 Å². The van der Waals surface area contributed by atoms with Crippen molar-refractivity contribution >= 4 is 33.8 Å². The standard InChI is InChI=1S/C12H11BrO3/c1-8(13)12(16)10-4-2-3-9(7-10)5-6-11(14)15/h2-8H,1H3,(H,14,15). The molecule has 0 saturated carbocycles. The molecule has 0 bridgehead atoms. The van der Waals surface area contributed by atoms with E-state index < -0.39 is 5.97 Å². The van der Waals surface area contributed by atoms with Crippen molar-refractivity contribution in [3.8, 4) is 0 Å². The number of halogens is 1. The van der Waals surface area contributed by atoms with E-state index in [2.05, 4.69) is 15.9 Å². The lowest BCUT2D eigenvalue weighted by Gasteiger charge is -2.03. The van der Waals surface area contributed by atoms with Crippen molar-refractivity contribution in [3.63, 3.8) is 0 Å². The van der Waals surface area contributed by atoms with E-state index >= 15 is 0 Å². The van der Waals surface area contributed by atoms with Gasteiger partial charge >= 0.3 is 5.97 Å². The van der Waals surface area contributed by atoms with Crippen LogP contribution in [0, 0.1) is 0 Å². The van der Waals surface area contributed by atoms with Crippen LogP contribution in [0.5, 0.6) is 0 Å². The van der Waals surface area contributed by atoms with E-state index in [-0.39, 0.29) is 10.6 Å². The number of carboxylic acids is 1. The largest absolute Gasteiger partial charge is 0.478 e. The summed E-state index contributed by atoms with van der Waals surface area (Å²) < 4.78 is 0. The number of alkyl halides is 1. The van der Waals surface area contributed by atoms with Crippen molar-refractivity contribution in [3.05, 3.63) is 41.5 Å². The first-order chi connectivity index (χ1) is 7.50.